The van der Waals surface area contributed by atoms with E-state index in [0.29, 0.717) is 23.3 Å². The third-order valence-electron chi connectivity index (χ3n) is 2.49. The van der Waals surface area contributed by atoms with Gasteiger partial charge in [0.05, 0.1) is 13.2 Å². The van der Waals surface area contributed by atoms with Gasteiger partial charge in [-0.3, -0.25) is 0 Å². The summed E-state index contributed by atoms with van der Waals surface area (Å²) < 4.78 is 10.6. The van der Waals surface area contributed by atoms with Crippen molar-refractivity contribution in [1.29, 1.82) is 0 Å². The van der Waals surface area contributed by atoms with E-state index in [1.807, 2.05) is 0 Å². The monoisotopic (exact) mass is 243 g/mol. The Labute approximate surface area is 99.1 Å². The first-order chi connectivity index (χ1) is 7.81. The summed E-state index contributed by atoms with van der Waals surface area (Å²) in [5, 5.41) is 3.47. The average Bonchev–Trinajstić information content (AvgIpc) is 2.79. The van der Waals surface area contributed by atoms with Gasteiger partial charge >= 0.3 is 0 Å². The van der Waals surface area contributed by atoms with E-state index in [0.717, 1.165) is 19.4 Å². The van der Waals surface area contributed by atoms with Crippen molar-refractivity contribution in [3.8, 4) is 5.75 Å². The van der Waals surface area contributed by atoms with Crippen LogP contribution in [0.25, 0.3) is 0 Å². The van der Waals surface area contributed by atoms with Gasteiger partial charge < -0.3 is 14.8 Å². The number of aromatic nitrogens is 2. The predicted octanol–water partition coefficient (Wildman–Crippen LogP) is 1.73. The lowest BCUT2D eigenvalue weighted by Gasteiger charge is -2.13. The molecule has 1 saturated heterocycles. The Hall–Kier alpha value is -1.07. The zero-order valence-electron chi connectivity index (χ0n) is 9.07. The summed E-state index contributed by atoms with van der Waals surface area (Å²) in [7, 11) is 1.54. The molecule has 0 radical (unpaired) electrons. The van der Waals surface area contributed by atoms with E-state index < -0.39 is 0 Å². The summed E-state index contributed by atoms with van der Waals surface area (Å²) in [5.74, 6) is 1.08. The van der Waals surface area contributed by atoms with E-state index in [1.54, 1.807) is 7.11 Å². The van der Waals surface area contributed by atoms with Crippen molar-refractivity contribution in [2.75, 3.05) is 25.6 Å². The van der Waals surface area contributed by atoms with Crippen molar-refractivity contribution in [2.24, 2.45) is 0 Å². The summed E-state index contributed by atoms with van der Waals surface area (Å²) in [4.78, 5) is 7.93. The van der Waals surface area contributed by atoms with Crippen molar-refractivity contribution in [2.45, 2.75) is 18.9 Å². The van der Waals surface area contributed by atoms with Gasteiger partial charge in [-0.2, -0.15) is 0 Å². The topological polar surface area (TPSA) is 56.3 Å². The number of rotatable bonds is 4. The molecule has 0 amide bonds. The maximum absolute atomic E-state index is 5.88. The number of halogens is 1. The van der Waals surface area contributed by atoms with E-state index in [4.69, 9.17) is 21.1 Å². The molecule has 0 bridgehead atoms. The number of anilines is 1. The normalized spacial score (nSPS) is 19.8. The number of nitrogens with zero attached hydrogens (tertiary/aromatic N) is 2. The molecule has 0 aromatic carbocycles. The summed E-state index contributed by atoms with van der Waals surface area (Å²) >= 11 is 5.88. The molecular formula is C10H14ClN3O2. The van der Waals surface area contributed by atoms with Crippen LogP contribution in [0.2, 0.25) is 5.15 Å². The summed E-state index contributed by atoms with van der Waals surface area (Å²) in [6.45, 7) is 1.55. The lowest BCUT2D eigenvalue weighted by atomic mass is 10.2. The number of ether oxygens (including phenoxy) is 2. The van der Waals surface area contributed by atoms with Crippen molar-refractivity contribution in [3.05, 3.63) is 11.5 Å². The molecule has 2 heterocycles. The quantitative estimate of drug-likeness (QED) is 0.817. The number of hydrogen-bond donors (Lipinski definition) is 1. The fourth-order valence-corrected chi connectivity index (χ4v) is 1.89. The van der Waals surface area contributed by atoms with Gasteiger partial charge in [0.15, 0.2) is 16.7 Å². The zero-order chi connectivity index (χ0) is 11.4. The van der Waals surface area contributed by atoms with E-state index in [2.05, 4.69) is 15.3 Å². The maximum Gasteiger partial charge on any atom is 0.198 e. The Balaban J connectivity index is 2.00. The molecule has 0 spiro atoms. The number of hydrogen-bond acceptors (Lipinski definition) is 5. The van der Waals surface area contributed by atoms with Crippen LogP contribution in [0.15, 0.2) is 6.33 Å². The SMILES string of the molecule is COc1c(Cl)ncnc1NCC1CCCO1. The van der Waals surface area contributed by atoms with Gasteiger partial charge in [0.2, 0.25) is 0 Å². The molecule has 16 heavy (non-hydrogen) atoms. The predicted molar refractivity (Wildman–Crippen MR) is 61.1 cm³/mol. The molecule has 0 aliphatic carbocycles. The first-order valence-corrected chi connectivity index (χ1v) is 5.59. The van der Waals surface area contributed by atoms with Crippen LogP contribution >= 0.6 is 11.6 Å². The Morgan fingerprint density at radius 1 is 1.62 bits per heavy atom. The molecule has 2 rings (SSSR count). The van der Waals surface area contributed by atoms with E-state index in [9.17, 15) is 0 Å². The van der Waals surface area contributed by atoms with Gasteiger partial charge in [-0.1, -0.05) is 11.6 Å². The highest BCUT2D eigenvalue weighted by molar-refractivity contribution is 6.31. The molecular weight excluding hydrogens is 230 g/mol. The second-order valence-electron chi connectivity index (χ2n) is 3.56. The lowest BCUT2D eigenvalue weighted by Crippen LogP contribution is -2.19. The van der Waals surface area contributed by atoms with Crippen molar-refractivity contribution < 1.29 is 9.47 Å². The van der Waals surface area contributed by atoms with Crippen LogP contribution in [0.3, 0.4) is 0 Å². The Kier molecular flexibility index (Phi) is 3.79. The van der Waals surface area contributed by atoms with Crippen molar-refractivity contribution >= 4 is 17.4 Å². The minimum Gasteiger partial charge on any atom is -0.490 e. The second-order valence-corrected chi connectivity index (χ2v) is 3.92. The van der Waals surface area contributed by atoms with Gasteiger partial charge in [0.1, 0.15) is 6.33 Å². The van der Waals surface area contributed by atoms with Crippen LogP contribution < -0.4 is 10.1 Å². The highest BCUT2D eigenvalue weighted by Gasteiger charge is 2.17. The van der Waals surface area contributed by atoms with E-state index >= 15 is 0 Å². The smallest absolute Gasteiger partial charge is 0.198 e. The molecule has 1 fully saturated rings. The maximum atomic E-state index is 5.88. The Morgan fingerprint density at radius 2 is 2.50 bits per heavy atom. The van der Waals surface area contributed by atoms with Crippen LogP contribution in [-0.4, -0.2) is 36.3 Å². The van der Waals surface area contributed by atoms with Crippen LogP contribution in [0.4, 0.5) is 5.82 Å². The highest BCUT2D eigenvalue weighted by atomic mass is 35.5. The molecule has 1 N–H and O–H groups in total. The molecule has 1 aromatic heterocycles. The van der Waals surface area contributed by atoms with Gasteiger partial charge in [0.25, 0.3) is 0 Å². The van der Waals surface area contributed by atoms with Gasteiger partial charge in [-0.25, -0.2) is 9.97 Å². The van der Waals surface area contributed by atoms with Gasteiger partial charge in [0, 0.05) is 13.2 Å². The molecule has 1 aliphatic heterocycles. The van der Waals surface area contributed by atoms with Crippen molar-refractivity contribution in [1.82, 2.24) is 9.97 Å². The first kappa shape index (κ1) is 11.4. The summed E-state index contributed by atoms with van der Waals surface area (Å²) in [5.41, 5.74) is 0. The third-order valence-corrected chi connectivity index (χ3v) is 2.75. The van der Waals surface area contributed by atoms with E-state index in [-0.39, 0.29) is 6.10 Å². The van der Waals surface area contributed by atoms with Crippen LogP contribution in [0, 0.1) is 0 Å². The lowest BCUT2D eigenvalue weighted by molar-refractivity contribution is 0.120. The Bertz CT molecular complexity index is 356. The fourth-order valence-electron chi connectivity index (χ4n) is 1.67. The van der Waals surface area contributed by atoms with Gasteiger partial charge in [-0.15, -0.1) is 0 Å². The molecule has 88 valence electrons. The molecule has 6 heteroatoms. The zero-order valence-corrected chi connectivity index (χ0v) is 9.83. The average molecular weight is 244 g/mol. The molecule has 1 aliphatic rings. The third kappa shape index (κ3) is 2.54. The minimum atomic E-state index is 0.249. The molecule has 1 unspecified atom stereocenters. The summed E-state index contributed by atoms with van der Waals surface area (Å²) in [6.07, 6.45) is 3.85. The van der Waals surface area contributed by atoms with Crippen LogP contribution in [0.5, 0.6) is 5.75 Å². The number of nitrogens with one attached hydrogen (secondary N) is 1. The first-order valence-electron chi connectivity index (χ1n) is 5.21. The highest BCUT2D eigenvalue weighted by Crippen LogP contribution is 2.28. The standard InChI is InChI=1S/C10H14ClN3O2/c1-15-8-9(11)13-6-14-10(8)12-5-7-3-2-4-16-7/h6-7H,2-5H2,1H3,(H,12,13,14). The fraction of sp³-hybridized carbons (Fsp3) is 0.600. The molecule has 1 aromatic rings. The molecule has 1 atom stereocenters. The minimum absolute atomic E-state index is 0.249. The largest absolute Gasteiger partial charge is 0.490 e. The molecule has 0 saturated carbocycles. The Morgan fingerprint density at radius 3 is 3.19 bits per heavy atom. The van der Waals surface area contributed by atoms with Gasteiger partial charge in [-0.05, 0) is 12.8 Å². The van der Waals surface area contributed by atoms with E-state index in [1.165, 1.54) is 6.33 Å². The van der Waals surface area contributed by atoms with Crippen molar-refractivity contribution in [3.63, 3.8) is 0 Å². The van der Waals surface area contributed by atoms with Crippen LogP contribution in [-0.2, 0) is 4.74 Å². The summed E-state index contributed by atoms with van der Waals surface area (Å²) in [6, 6.07) is 0. The van der Waals surface area contributed by atoms with Crippen LogP contribution in [0.1, 0.15) is 12.8 Å². The second kappa shape index (κ2) is 5.32. The number of methoxy groups -OCH3 is 1. The molecule has 5 nitrogen and oxygen atoms in total.